The first-order valence-corrected chi connectivity index (χ1v) is 12.2. The molecule has 0 spiro atoms. The van der Waals surface area contributed by atoms with E-state index in [1.54, 1.807) is 0 Å². The Morgan fingerprint density at radius 2 is 1.69 bits per heavy atom. The molecule has 0 aliphatic heterocycles. The van der Waals surface area contributed by atoms with Crippen LogP contribution in [-0.2, 0) is 22.9 Å². The van der Waals surface area contributed by atoms with Gasteiger partial charge in [-0.2, -0.15) is 0 Å². The van der Waals surface area contributed by atoms with E-state index >= 15 is 0 Å². The Morgan fingerprint density at radius 3 is 2.41 bits per heavy atom. The normalized spacial score (nSPS) is 12.8. The molecule has 1 aromatic heterocycles. The number of aryl methyl sites for hydroxylation is 2. The number of hydrazine groups is 1. The molecule has 2 amide bonds. The van der Waals surface area contributed by atoms with E-state index in [2.05, 4.69) is 15.6 Å². The SMILES string of the molecule is O=C(NNC(=O)c1cc2c(s1)CCC2)c1ccc(Cl)c(S(=O)(=O)Nc2ccc(F)cc2)c1. The van der Waals surface area contributed by atoms with E-state index in [4.69, 9.17) is 11.6 Å². The minimum Gasteiger partial charge on any atom is -0.280 e. The summed E-state index contributed by atoms with van der Waals surface area (Å²) in [5, 5.41) is -0.103. The predicted octanol–water partition coefficient (Wildman–Crippen LogP) is 3.90. The highest BCUT2D eigenvalue weighted by atomic mass is 35.5. The van der Waals surface area contributed by atoms with Crippen molar-refractivity contribution in [3.05, 3.63) is 80.3 Å². The maximum absolute atomic E-state index is 13.1. The quantitative estimate of drug-likeness (QED) is 0.469. The summed E-state index contributed by atoms with van der Waals surface area (Å²) in [5.41, 5.74) is 5.89. The number of carbonyl (C=O) groups excluding carboxylic acids is 2. The van der Waals surface area contributed by atoms with E-state index in [0.717, 1.165) is 43.0 Å². The highest BCUT2D eigenvalue weighted by Gasteiger charge is 2.22. The molecule has 7 nitrogen and oxygen atoms in total. The number of sulfonamides is 1. The molecule has 1 heterocycles. The molecular weight excluding hydrogens is 477 g/mol. The second-order valence-electron chi connectivity index (χ2n) is 7.08. The predicted molar refractivity (Wildman–Crippen MR) is 120 cm³/mol. The van der Waals surface area contributed by atoms with Crippen molar-refractivity contribution in [3.8, 4) is 0 Å². The van der Waals surface area contributed by atoms with Gasteiger partial charge in [-0.25, -0.2) is 12.8 Å². The summed E-state index contributed by atoms with van der Waals surface area (Å²) in [4.78, 5) is 26.2. The first-order valence-electron chi connectivity index (χ1n) is 9.53. The van der Waals surface area contributed by atoms with E-state index in [-0.39, 0.29) is 21.2 Å². The zero-order valence-corrected chi connectivity index (χ0v) is 18.8. The van der Waals surface area contributed by atoms with Crippen molar-refractivity contribution in [2.24, 2.45) is 0 Å². The second kappa shape index (κ2) is 8.89. The minimum atomic E-state index is -4.16. The van der Waals surface area contributed by atoms with Crippen molar-refractivity contribution >= 4 is 50.5 Å². The molecule has 0 radical (unpaired) electrons. The number of thiophene rings is 1. The number of carbonyl (C=O) groups is 2. The molecule has 0 fully saturated rings. The van der Waals surface area contributed by atoms with Crippen LogP contribution < -0.4 is 15.6 Å². The topological polar surface area (TPSA) is 104 Å². The Labute approximate surface area is 192 Å². The Kier molecular flexibility index (Phi) is 6.18. The van der Waals surface area contributed by atoms with Crippen LogP contribution >= 0.6 is 22.9 Å². The van der Waals surface area contributed by atoms with Crippen LogP contribution in [0.1, 0.15) is 36.9 Å². The minimum absolute atomic E-state index is 0.0251. The average molecular weight is 494 g/mol. The molecule has 0 saturated heterocycles. The first-order chi connectivity index (χ1) is 15.2. The summed E-state index contributed by atoms with van der Waals surface area (Å²) < 4.78 is 40.8. The van der Waals surface area contributed by atoms with Gasteiger partial charge in [0.05, 0.1) is 9.90 Å². The zero-order valence-electron chi connectivity index (χ0n) is 16.4. The lowest BCUT2D eigenvalue weighted by molar-refractivity contribution is 0.0848. The lowest BCUT2D eigenvalue weighted by Crippen LogP contribution is -2.41. The van der Waals surface area contributed by atoms with Gasteiger partial charge in [-0.05, 0) is 73.4 Å². The molecular formula is C21H17ClFN3O4S2. The van der Waals surface area contributed by atoms with Gasteiger partial charge < -0.3 is 0 Å². The third-order valence-electron chi connectivity index (χ3n) is 4.84. The van der Waals surface area contributed by atoms with Crippen molar-refractivity contribution in [2.75, 3.05) is 4.72 Å². The number of benzene rings is 2. The van der Waals surface area contributed by atoms with E-state index in [9.17, 15) is 22.4 Å². The molecule has 0 unspecified atom stereocenters. The van der Waals surface area contributed by atoms with Gasteiger partial charge in [0.2, 0.25) is 0 Å². The molecule has 166 valence electrons. The smallest absolute Gasteiger partial charge is 0.279 e. The monoisotopic (exact) mass is 493 g/mol. The molecule has 3 N–H and O–H groups in total. The Bertz CT molecular complexity index is 1290. The Balaban J connectivity index is 1.46. The van der Waals surface area contributed by atoms with Crippen LogP contribution in [-0.4, -0.2) is 20.2 Å². The van der Waals surface area contributed by atoms with Crippen molar-refractivity contribution in [1.82, 2.24) is 10.9 Å². The lowest BCUT2D eigenvalue weighted by atomic mass is 10.2. The summed E-state index contributed by atoms with van der Waals surface area (Å²) in [6.07, 6.45) is 2.98. The number of hydrogen-bond donors (Lipinski definition) is 3. The average Bonchev–Trinajstić information content (AvgIpc) is 3.36. The van der Waals surface area contributed by atoms with Gasteiger partial charge in [0.25, 0.3) is 21.8 Å². The number of fused-ring (bicyclic) bond motifs is 1. The number of halogens is 2. The number of anilines is 1. The molecule has 11 heteroatoms. The standard InChI is InChI=1S/C21H17ClFN3O4S2/c22-16-9-4-13(11-19(16)32(29,30)26-15-7-5-14(23)6-8-15)20(27)24-25-21(28)18-10-12-2-1-3-17(12)31-18/h4-11,26H,1-3H2,(H,24,27)(H,25,28). The maximum atomic E-state index is 13.1. The van der Waals surface area contributed by atoms with Gasteiger partial charge in [-0.3, -0.25) is 25.2 Å². The molecule has 0 atom stereocenters. The fourth-order valence-electron chi connectivity index (χ4n) is 3.27. The summed E-state index contributed by atoms with van der Waals surface area (Å²) >= 11 is 7.44. The van der Waals surface area contributed by atoms with Gasteiger partial charge in [-0.15, -0.1) is 11.3 Å². The molecule has 0 bridgehead atoms. The molecule has 0 saturated carbocycles. The van der Waals surface area contributed by atoms with E-state index < -0.39 is 27.7 Å². The molecule has 1 aliphatic carbocycles. The number of amides is 2. The maximum Gasteiger partial charge on any atom is 0.279 e. The highest BCUT2D eigenvalue weighted by molar-refractivity contribution is 7.92. The third-order valence-corrected chi connectivity index (χ3v) is 7.94. The van der Waals surface area contributed by atoms with Crippen molar-refractivity contribution in [1.29, 1.82) is 0 Å². The van der Waals surface area contributed by atoms with Crippen molar-refractivity contribution in [2.45, 2.75) is 24.2 Å². The molecule has 2 aromatic carbocycles. The fraction of sp³-hybridized carbons (Fsp3) is 0.143. The summed E-state index contributed by atoms with van der Waals surface area (Å²) in [6, 6.07) is 10.2. The van der Waals surface area contributed by atoms with E-state index in [0.29, 0.717) is 4.88 Å². The Morgan fingerprint density at radius 1 is 0.969 bits per heavy atom. The summed E-state index contributed by atoms with van der Waals surface area (Å²) in [7, 11) is -4.16. The largest absolute Gasteiger partial charge is 0.280 e. The zero-order chi connectivity index (χ0) is 22.9. The van der Waals surface area contributed by atoms with Crippen LogP contribution in [0.3, 0.4) is 0 Å². The van der Waals surface area contributed by atoms with Crippen LogP contribution in [0.25, 0.3) is 0 Å². The van der Waals surface area contributed by atoms with Crippen LogP contribution in [0, 0.1) is 5.82 Å². The molecule has 3 aromatic rings. The van der Waals surface area contributed by atoms with Gasteiger partial charge >= 0.3 is 0 Å². The Hall–Kier alpha value is -2.95. The van der Waals surface area contributed by atoms with E-state index in [1.165, 1.54) is 40.5 Å². The van der Waals surface area contributed by atoms with Crippen LogP contribution in [0.15, 0.2) is 53.4 Å². The van der Waals surface area contributed by atoms with Crippen LogP contribution in [0.2, 0.25) is 5.02 Å². The van der Waals surface area contributed by atoms with Gasteiger partial charge in [0, 0.05) is 16.1 Å². The summed E-state index contributed by atoms with van der Waals surface area (Å²) in [5.74, 6) is -1.67. The summed E-state index contributed by atoms with van der Waals surface area (Å²) in [6.45, 7) is 0. The second-order valence-corrected chi connectivity index (χ2v) is 10.3. The molecule has 32 heavy (non-hydrogen) atoms. The molecule has 4 rings (SSSR count). The fourth-order valence-corrected chi connectivity index (χ4v) is 6.00. The third kappa shape index (κ3) is 4.77. The molecule has 1 aliphatic rings. The number of nitrogens with one attached hydrogen (secondary N) is 3. The first kappa shape index (κ1) is 22.3. The van der Waals surface area contributed by atoms with Crippen LogP contribution in [0.5, 0.6) is 0 Å². The van der Waals surface area contributed by atoms with Gasteiger partial charge in [0.15, 0.2) is 0 Å². The van der Waals surface area contributed by atoms with Crippen molar-refractivity contribution < 1.29 is 22.4 Å². The lowest BCUT2D eigenvalue weighted by Gasteiger charge is -2.12. The number of hydrogen-bond acceptors (Lipinski definition) is 5. The highest BCUT2D eigenvalue weighted by Crippen LogP contribution is 2.30. The van der Waals surface area contributed by atoms with Crippen LogP contribution in [0.4, 0.5) is 10.1 Å². The van der Waals surface area contributed by atoms with E-state index in [1.807, 2.05) is 6.07 Å². The van der Waals surface area contributed by atoms with Gasteiger partial charge in [-0.1, -0.05) is 11.6 Å². The van der Waals surface area contributed by atoms with Crippen molar-refractivity contribution in [3.63, 3.8) is 0 Å². The van der Waals surface area contributed by atoms with Gasteiger partial charge in [0.1, 0.15) is 10.7 Å². The number of rotatable bonds is 5.